The molecule has 152 valence electrons. The summed E-state index contributed by atoms with van der Waals surface area (Å²) in [7, 11) is 0. The molecule has 4 rings (SSSR count). The second-order valence-electron chi connectivity index (χ2n) is 6.79. The molecule has 4 aromatic rings. The van der Waals surface area contributed by atoms with Crippen LogP contribution in [0.3, 0.4) is 0 Å². The van der Waals surface area contributed by atoms with E-state index in [2.05, 4.69) is 39.2 Å². The number of oxazole rings is 1. The van der Waals surface area contributed by atoms with E-state index in [0.717, 1.165) is 33.3 Å². The Bertz CT molecular complexity index is 1180. The zero-order chi connectivity index (χ0) is 21.1. The van der Waals surface area contributed by atoms with Crippen LogP contribution < -0.4 is 10.1 Å². The molecule has 0 spiro atoms. The monoisotopic (exact) mass is 464 g/mol. The molecule has 6 heteroatoms. The Hall–Kier alpha value is -3.12. The molecule has 1 aromatic heterocycles. The van der Waals surface area contributed by atoms with Gasteiger partial charge < -0.3 is 14.5 Å². The second kappa shape index (κ2) is 8.71. The summed E-state index contributed by atoms with van der Waals surface area (Å²) in [6.07, 6.45) is 0.930. The highest BCUT2D eigenvalue weighted by molar-refractivity contribution is 9.10. The van der Waals surface area contributed by atoms with Gasteiger partial charge >= 0.3 is 0 Å². The number of ether oxygens (including phenoxy) is 1. The first-order valence-electron chi connectivity index (χ1n) is 9.81. The molecule has 1 N–H and O–H groups in total. The van der Waals surface area contributed by atoms with E-state index >= 15 is 0 Å². The molecule has 30 heavy (non-hydrogen) atoms. The fraction of sp³-hybridized carbons (Fsp3) is 0.167. The predicted molar refractivity (Wildman–Crippen MR) is 122 cm³/mol. The molecule has 0 radical (unpaired) electrons. The van der Waals surface area contributed by atoms with Crippen LogP contribution in [0.1, 0.15) is 29.8 Å². The summed E-state index contributed by atoms with van der Waals surface area (Å²) in [5, 5.41) is 2.90. The van der Waals surface area contributed by atoms with Gasteiger partial charge in [-0.1, -0.05) is 6.92 Å². The van der Waals surface area contributed by atoms with Crippen molar-refractivity contribution in [3.63, 3.8) is 0 Å². The van der Waals surface area contributed by atoms with E-state index in [-0.39, 0.29) is 5.91 Å². The summed E-state index contributed by atoms with van der Waals surface area (Å²) < 4.78 is 12.3. The van der Waals surface area contributed by atoms with Crippen molar-refractivity contribution in [1.29, 1.82) is 0 Å². The number of halogens is 1. The van der Waals surface area contributed by atoms with E-state index in [0.29, 0.717) is 23.7 Å². The van der Waals surface area contributed by atoms with Crippen LogP contribution in [0.15, 0.2) is 69.6 Å². The predicted octanol–water partition coefficient (Wildman–Crippen LogP) is 6.47. The molecule has 0 aliphatic carbocycles. The van der Waals surface area contributed by atoms with Crippen LogP contribution in [0, 0.1) is 0 Å². The Kier molecular flexibility index (Phi) is 5.86. The molecule has 0 saturated carbocycles. The van der Waals surface area contributed by atoms with E-state index in [1.165, 1.54) is 5.56 Å². The first-order valence-corrected chi connectivity index (χ1v) is 10.6. The quantitative estimate of drug-likeness (QED) is 0.355. The second-order valence-corrected chi connectivity index (χ2v) is 7.64. The van der Waals surface area contributed by atoms with Gasteiger partial charge in [-0.25, -0.2) is 4.98 Å². The molecule has 0 unspecified atom stereocenters. The number of carbonyl (C=O) groups is 1. The molecule has 0 aliphatic rings. The standard InChI is InChI=1S/C24H21BrN2O3/c1-3-15-13-20(25)22-21(14-15)27-24(30-22)17-5-9-18(10-6-17)26-23(28)16-7-11-19(12-8-16)29-4-2/h5-14H,3-4H2,1-2H3,(H,26,28). The van der Waals surface area contributed by atoms with Crippen LogP contribution in [0.4, 0.5) is 5.69 Å². The van der Waals surface area contributed by atoms with Gasteiger partial charge in [-0.05, 0) is 95.5 Å². The summed E-state index contributed by atoms with van der Waals surface area (Å²) in [4.78, 5) is 17.1. The van der Waals surface area contributed by atoms with Gasteiger partial charge in [-0.2, -0.15) is 0 Å². The minimum absolute atomic E-state index is 0.177. The minimum atomic E-state index is -0.177. The molecule has 3 aromatic carbocycles. The van der Waals surface area contributed by atoms with Crippen molar-refractivity contribution in [3.05, 3.63) is 76.3 Å². The van der Waals surface area contributed by atoms with Crippen molar-refractivity contribution < 1.29 is 13.9 Å². The lowest BCUT2D eigenvalue weighted by Gasteiger charge is -2.07. The van der Waals surface area contributed by atoms with Crippen molar-refractivity contribution in [2.45, 2.75) is 20.3 Å². The van der Waals surface area contributed by atoms with Gasteiger partial charge in [0, 0.05) is 16.8 Å². The maximum atomic E-state index is 12.5. The number of hydrogen-bond donors (Lipinski definition) is 1. The van der Waals surface area contributed by atoms with Crippen LogP contribution in [0.5, 0.6) is 5.75 Å². The van der Waals surface area contributed by atoms with Crippen molar-refractivity contribution in [3.8, 4) is 17.2 Å². The summed E-state index contributed by atoms with van der Waals surface area (Å²) >= 11 is 3.56. The smallest absolute Gasteiger partial charge is 0.255 e. The van der Waals surface area contributed by atoms with Gasteiger partial charge in [0.05, 0.1) is 11.1 Å². The van der Waals surface area contributed by atoms with E-state index in [1.54, 1.807) is 24.3 Å². The Morgan fingerprint density at radius 3 is 2.47 bits per heavy atom. The SMILES string of the molecule is CCOc1ccc(C(=O)Nc2ccc(-c3nc4cc(CC)cc(Br)c4o3)cc2)cc1. The zero-order valence-electron chi connectivity index (χ0n) is 16.7. The van der Waals surface area contributed by atoms with Crippen molar-refractivity contribution >= 4 is 38.6 Å². The summed E-state index contributed by atoms with van der Waals surface area (Å²) in [5.41, 5.74) is 4.86. The molecule has 5 nitrogen and oxygen atoms in total. The first-order chi connectivity index (χ1) is 14.6. The highest BCUT2D eigenvalue weighted by Crippen LogP contribution is 2.31. The van der Waals surface area contributed by atoms with Crippen LogP contribution in [-0.4, -0.2) is 17.5 Å². The van der Waals surface area contributed by atoms with E-state index in [9.17, 15) is 4.79 Å². The minimum Gasteiger partial charge on any atom is -0.494 e. The maximum Gasteiger partial charge on any atom is 0.255 e. The molecule has 0 aliphatic heterocycles. The third-order valence-corrected chi connectivity index (χ3v) is 5.32. The molecule has 1 heterocycles. The van der Waals surface area contributed by atoms with Gasteiger partial charge in [0.2, 0.25) is 5.89 Å². The van der Waals surface area contributed by atoms with E-state index < -0.39 is 0 Å². The first kappa shape index (κ1) is 20.2. The average Bonchev–Trinajstić information content (AvgIpc) is 3.20. The third-order valence-electron chi connectivity index (χ3n) is 4.73. The zero-order valence-corrected chi connectivity index (χ0v) is 18.3. The summed E-state index contributed by atoms with van der Waals surface area (Å²) in [6.45, 7) is 4.62. The van der Waals surface area contributed by atoms with Crippen molar-refractivity contribution in [1.82, 2.24) is 4.98 Å². The molecule has 0 fully saturated rings. The summed E-state index contributed by atoms with van der Waals surface area (Å²) in [5.74, 6) is 1.11. The third kappa shape index (κ3) is 4.24. The van der Waals surface area contributed by atoms with Gasteiger partial charge in [0.1, 0.15) is 11.3 Å². The number of anilines is 1. The number of benzene rings is 3. The fourth-order valence-corrected chi connectivity index (χ4v) is 3.72. The number of fused-ring (bicyclic) bond motifs is 1. The molecule has 0 atom stereocenters. The number of carbonyl (C=O) groups excluding carboxylic acids is 1. The molecular formula is C24H21BrN2O3. The largest absolute Gasteiger partial charge is 0.494 e. The Morgan fingerprint density at radius 2 is 1.80 bits per heavy atom. The average molecular weight is 465 g/mol. The summed E-state index contributed by atoms with van der Waals surface area (Å²) in [6, 6.07) is 18.6. The van der Waals surface area contributed by atoms with Gasteiger partial charge in [-0.15, -0.1) is 0 Å². The van der Waals surface area contributed by atoms with E-state index in [4.69, 9.17) is 9.15 Å². The number of nitrogens with one attached hydrogen (secondary N) is 1. The number of rotatable bonds is 6. The molecule has 0 bridgehead atoms. The molecule has 1 amide bonds. The normalized spacial score (nSPS) is 10.9. The van der Waals surface area contributed by atoms with Crippen LogP contribution >= 0.6 is 15.9 Å². The lowest BCUT2D eigenvalue weighted by atomic mass is 10.1. The van der Waals surface area contributed by atoms with Gasteiger partial charge in [0.15, 0.2) is 5.58 Å². The van der Waals surface area contributed by atoms with Crippen LogP contribution in [0.25, 0.3) is 22.6 Å². The topological polar surface area (TPSA) is 64.4 Å². The van der Waals surface area contributed by atoms with Crippen LogP contribution in [-0.2, 0) is 6.42 Å². The number of nitrogens with zero attached hydrogens (tertiary/aromatic N) is 1. The lowest BCUT2D eigenvalue weighted by Crippen LogP contribution is -2.11. The molecule has 0 saturated heterocycles. The van der Waals surface area contributed by atoms with Crippen molar-refractivity contribution in [2.75, 3.05) is 11.9 Å². The fourth-order valence-electron chi connectivity index (χ4n) is 3.14. The highest BCUT2D eigenvalue weighted by Gasteiger charge is 2.13. The number of aromatic nitrogens is 1. The highest BCUT2D eigenvalue weighted by atomic mass is 79.9. The van der Waals surface area contributed by atoms with Gasteiger partial charge in [-0.3, -0.25) is 4.79 Å². The Morgan fingerprint density at radius 1 is 1.07 bits per heavy atom. The molecular weight excluding hydrogens is 444 g/mol. The van der Waals surface area contributed by atoms with Crippen LogP contribution in [0.2, 0.25) is 0 Å². The van der Waals surface area contributed by atoms with E-state index in [1.807, 2.05) is 37.3 Å². The van der Waals surface area contributed by atoms with Gasteiger partial charge in [0.25, 0.3) is 5.91 Å². The van der Waals surface area contributed by atoms with Crippen molar-refractivity contribution in [2.24, 2.45) is 0 Å². The number of aryl methyl sites for hydroxylation is 1. The lowest BCUT2D eigenvalue weighted by molar-refractivity contribution is 0.102. The number of amides is 1. The Labute approximate surface area is 183 Å². The maximum absolute atomic E-state index is 12.5. The Balaban J connectivity index is 1.50. The number of hydrogen-bond acceptors (Lipinski definition) is 4.